The van der Waals surface area contributed by atoms with E-state index < -0.39 is 0 Å². The third kappa shape index (κ3) is 3.76. The predicted molar refractivity (Wildman–Crippen MR) is 85.0 cm³/mol. The van der Waals surface area contributed by atoms with Crippen LogP contribution < -0.4 is 5.32 Å². The monoisotopic (exact) mass is 327 g/mol. The van der Waals surface area contributed by atoms with E-state index >= 15 is 0 Å². The number of piperidine rings is 1. The Balaban J connectivity index is 0.00000161. The average Bonchev–Trinajstić information content (AvgIpc) is 2.92. The molecule has 2 heterocycles. The summed E-state index contributed by atoms with van der Waals surface area (Å²) in [6.45, 7) is 3.14. The van der Waals surface area contributed by atoms with Crippen LogP contribution in [0.5, 0.6) is 0 Å². The zero-order chi connectivity index (χ0) is 14.0. The Morgan fingerprint density at radius 2 is 2.05 bits per heavy atom. The van der Waals surface area contributed by atoms with Crippen molar-refractivity contribution < 1.29 is 4.52 Å². The minimum absolute atomic E-state index is 0. The smallest absolute Gasteiger partial charge is 0.246 e. The van der Waals surface area contributed by atoms with Crippen LogP contribution in [0.15, 0.2) is 28.8 Å². The molecule has 0 amide bonds. The summed E-state index contributed by atoms with van der Waals surface area (Å²) in [6.07, 6.45) is 4.10. The maximum atomic E-state index is 5.88. The maximum Gasteiger partial charge on any atom is 0.246 e. The molecule has 1 fully saturated rings. The van der Waals surface area contributed by atoms with E-state index in [9.17, 15) is 0 Å². The molecule has 114 valence electrons. The highest BCUT2D eigenvalue weighted by molar-refractivity contribution is 6.30. The van der Waals surface area contributed by atoms with Crippen molar-refractivity contribution >= 4 is 24.0 Å². The normalized spacial score (nSPS) is 21.8. The SMILES string of the molecule is CC1(c2nc(Cc3ccc(Cl)cc3)no2)CCCCN1.Cl. The van der Waals surface area contributed by atoms with Gasteiger partial charge in [0.25, 0.3) is 0 Å². The van der Waals surface area contributed by atoms with E-state index in [4.69, 9.17) is 16.1 Å². The highest BCUT2D eigenvalue weighted by Gasteiger charge is 2.34. The fourth-order valence-electron chi connectivity index (χ4n) is 2.57. The summed E-state index contributed by atoms with van der Waals surface area (Å²) in [7, 11) is 0. The van der Waals surface area contributed by atoms with Crippen LogP contribution in [0.3, 0.4) is 0 Å². The highest BCUT2D eigenvalue weighted by Crippen LogP contribution is 2.28. The van der Waals surface area contributed by atoms with Gasteiger partial charge in [-0.05, 0) is 50.4 Å². The number of nitrogens with zero attached hydrogens (tertiary/aromatic N) is 2. The molecular weight excluding hydrogens is 309 g/mol. The summed E-state index contributed by atoms with van der Waals surface area (Å²) in [5.41, 5.74) is 0.951. The van der Waals surface area contributed by atoms with E-state index in [0.29, 0.717) is 12.3 Å². The van der Waals surface area contributed by atoms with Crippen molar-refractivity contribution in [3.8, 4) is 0 Å². The number of hydrogen-bond acceptors (Lipinski definition) is 4. The number of nitrogens with one attached hydrogen (secondary N) is 1. The average molecular weight is 328 g/mol. The van der Waals surface area contributed by atoms with Gasteiger partial charge in [-0.1, -0.05) is 28.9 Å². The predicted octanol–water partition coefficient (Wildman–Crippen LogP) is 3.72. The van der Waals surface area contributed by atoms with Gasteiger partial charge in [-0.2, -0.15) is 4.98 Å². The Hall–Kier alpha value is -1.10. The molecule has 1 unspecified atom stereocenters. The molecule has 0 bridgehead atoms. The Morgan fingerprint density at radius 1 is 1.29 bits per heavy atom. The number of benzene rings is 1. The van der Waals surface area contributed by atoms with Crippen molar-refractivity contribution in [1.82, 2.24) is 15.5 Å². The molecule has 2 aromatic rings. The van der Waals surface area contributed by atoms with Gasteiger partial charge in [-0.15, -0.1) is 12.4 Å². The topological polar surface area (TPSA) is 51.0 Å². The molecule has 0 radical (unpaired) electrons. The number of hydrogen-bond donors (Lipinski definition) is 1. The fourth-order valence-corrected chi connectivity index (χ4v) is 2.70. The lowest BCUT2D eigenvalue weighted by atomic mass is 9.91. The first-order chi connectivity index (χ1) is 9.66. The van der Waals surface area contributed by atoms with Crippen molar-refractivity contribution in [3.63, 3.8) is 0 Å². The van der Waals surface area contributed by atoms with Gasteiger partial charge in [-0.25, -0.2) is 0 Å². The van der Waals surface area contributed by atoms with Gasteiger partial charge in [0.05, 0.1) is 5.54 Å². The Labute approximate surface area is 135 Å². The van der Waals surface area contributed by atoms with Gasteiger partial charge in [0, 0.05) is 11.4 Å². The molecule has 1 N–H and O–H groups in total. The minimum atomic E-state index is -0.177. The van der Waals surface area contributed by atoms with Gasteiger partial charge in [0.1, 0.15) is 0 Å². The Morgan fingerprint density at radius 3 is 2.71 bits per heavy atom. The zero-order valence-corrected chi connectivity index (χ0v) is 13.5. The quantitative estimate of drug-likeness (QED) is 0.933. The third-order valence-electron chi connectivity index (χ3n) is 3.83. The molecule has 6 heteroatoms. The minimum Gasteiger partial charge on any atom is -0.337 e. The molecule has 21 heavy (non-hydrogen) atoms. The standard InChI is InChI=1S/C15H18ClN3O.ClH/c1-15(8-2-3-9-17-15)14-18-13(19-20-14)10-11-4-6-12(16)7-5-11;/h4-7,17H,2-3,8-10H2,1H3;1H. The van der Waals surface area contributed by atoms with Crippen molar-refractivity contribution in [2.24, 2.45) is 0 Å². The number of rotatable bonds is 3. The summed E-state index contributed by atoms with van der Waals surface area (Å²) in [4.78, 5) is 4.55. The van der Waals surface area contributed by atoms with Crippen molar-refractivity contribution in [1.29, 1.82) is 0 Å². The first-order valence-electron chi connectivity index (χ1n) is 6.98. The second-order valence-electron chi connectivity index (χ2n) is 5.53. The molecule has 3 rings (SSSR count). The van der Waals surface area contributed by atoms with Gasteiger partial charge in [0.2, 0.25) is 5.89 Å². The van der Waals surface area contributed by atoms with Crippen LogP contribution in [-0.4, -0.2) is 16.7 Å². The van der Waals surface area contributed by atoms with E-state index in [0.717, 1.165) is 29.4 Å². The summed E-state index contributed by atoms with van der Waals surface area (Å²) in [5, 5.41) is 8.32. The van der Waals surface area contributed by atoms with Gasteiger partial charge < -0.3 is 9.84 Å². The summed E-state index contributed by atoms with van der Waals surface area (Å²) in [6, 6.07) is 7.72. The molecule has 1 aromatic carbocycles. The van der Waals surface area contributed by atoms with Gasteiger partial charge in [-0.3, -0.25) is 0 Å². The van der Waals surface area contributed by atoms with Crippen LogP contribution in [0.4, 0.5) is 0 Å². The Bertz CT molecular complexity index is 577. The third-order valence-corrected chi connectivity index (χ3v) is 4.09. The van der Waals surface area contributed by atoms with Crippen LogP contribution in [0.25, 0.3) is 0 Å². The molecule has 1 aliphatic rings. The molecule has 1 atom stereocenters. The molecular formula is C15H19Cl2N3O. The van der Waals surface area contributed by atoms with E-state index in [1.807, 2.05) is 24.3 Å². The van der Waals surface area contributed by atoms with Crippen LogP contribution in [-0.2, 0) is 12.0 Å². The molecule has 0 saturated carbocycles. The van der Waals surface area contributed by atoms with Crippen LogP contribution in [0.2, 0.25) is 5.02 Å². The van der Waals surface area contributed by atoms with Gasteiger partial charge >= 0.3 is 0 Å². The molecule has 1 aromatic heterocycles. The van der Waals surface area contributed by atoms with Crippen molar-refractivity contribution in [2.45, 2.75) is 38.1 Å². The fraction of sp³-hybridized carbons (Fsp3) is 0.467. The summed E-state index contributed by atoms with van der Waals surface area (Å²) >= 11 is 5.88. The number of halogens is 2. The van der Waals surface area contributed by atoms with Crippen LogP contribution in [0.1, 0.15) is 43.5 Å². The highest BCUT2D eigenvalue weighted by atomic mass is 35.5. The lowest BCUT2D eigenvalue weighted by molar-refractivity contribution is 0.206. The first kappa shape index (κ1) is 16.3. The van der Waals surface area contributed by atoms with Crippen molar-refractivity contribution in [2.75, 3.05) is 6.54 Å². The molecule has 0 spiro atoms. The van der Waals surface area contributed by atoms with E-state index in [1.165, 1.54) is 12.8 Å². The lowest BCUT2D eigenvalue weighted by Gasteiger charge is -2.31. The van der Waals surface area contributed by atoms with Gasteiger partial charge in [0.15, 0.2) is 5.82 Å². The molecule has 4 nitrogen and oxygen atoms in total. The van der Waals surface area contributed by atoms with E-state index in [2.05, 4.69) is 22.4 Å². The molecule has 1 saturated heterocycles. The lowest BCUT2D eigenvalue weighted by Crippen LogP contribution is -2.43. The Kier molecular flexibility index (Phi) is 5.25. The summed E-state index contributed by atoms with van der Waals surface area (Å²) < 4.78 is 5.45. The van der Waals surface area contributed by atoms with E-state index in [-0.39, 0.29) is 17.9 Å². The van der Waals surface area contributed by atoms with Crippen molar-refractivity contribution in [3.05, 3.63) is 46.6 Å². The summed E-state index contributed by atoms with van der Waals surface area (Å²) in [5.74, 6) is 1.41. The molecule has 0 aliphatic carbocycles. The second kappa shape index (κ2) is 6.77. The zero-order valence-electron chi connectivity index (χ0n) is 11.9. The first-order valence-corrected chi connectivity index (χ1v) is 7.36. The maximum absolute atomic E-state index is 5.88. The largest absolute Gasteiger partial charge is 0.337 e. The number of aromatic nitrogens is 2. The molecule has 1 aliphatic heterocycles. The second-order valence-corrected chi connectivity index (χ2v) is 5.97. The van der Waals surface area contributed by atoms with Crippen LogP contribution >= 0.6 is 24.0 Å². The van der Waals surface area contributed by atoms with Crippen LogP contribution in [0, 0.1) is 0 Å². The van der Waals surface area contributed by atoms with E-state index in [1.54, 1.807) is 0 Å².